The van der Waals surface area contributed by atoms with Crippen molar-refractivity contribution in [2.24, 2.45) is 10.7 Å². The zero-order chi connectivity index (χ0) is 13.9. The Kier molecular flexibility index (Phi) is 3.73. The van der Waals surface area contributed by atoms with Gasteiger partial charge in [-0.15, -0.1) is 11.3 Å². The van der Waals surface area contributed by atoms with Crippen LogP contribution in [0.1, 0.15) is 29.8 Å². The average Bonchev–Trinajstić information content (AvgIpc) is 3.14. The monoisotopic (exact) mass is 289 g/mol. The molecule has 6 heteroatoms. The van der Waals surface area contributed by atoms with Crippen LogP contribution >= 0.6 is 11.3 Å². The van der Waals surface area contributed by atoms with E-state index in [0.717, 1.165) is 26.1 Å². The molecule has 1 atom stereocenters. The van der Waals surface area contributed by atoms with Crippen LogP contribution in [0.4, 0.5) is 0 Å². The fourth-order valence-corrected chi connectivity index (χ4v) is 3.18. The van der Waals surface area contributed by atoms with Gasteiger partial charge in [-0.25, -0.2) is 0 Å². The van der Waals surface area contributed by atoms with E-state index in [1.165, 1.54) is 10.4 Å². The molecule has 1 unspecified atom stereocenters. The summed E-state index contributed by atoms with van der Waals surface area (Å²) in [6, 6.07) is 4.41. The summed E-state index contributed by atoms with van der Waals surface area (Å²) in [7, 11) is 0. The Balaban J connectivity index is 1.77. The second-order valence-electron chi connectivity index (χ2n) is 4.96. The molecule has 1 aliphatic heterocycles. The molecule has 2 aromatic rings. The molecule has 3 heterocycles. The van der Waals surface area contributed by atoms with Gasteiger partial charge in [0.1, 0.15) is 0 Å². The zero-order valence-electron chi connectivity index (χ0n) is 11.6. The minimum absolute atomic E-state index is 0.211. The summed E-state index contributed by atoms with van der Waals surface area (Å²) < 4.78 is 1.99. The van der Waals surface area contributed by atoms with Crippen LogP contribution in [0.3, 0.4) is 0 Å². The molecule has 3 rings (SSSR count). The number of aryl methyl sites for hydroxylation is 1. The van der Waals surface area contributed by atoms with Gasteiger partial charge in [-0.3, -0.25) is 9.67 Å². The van der Waals surface area contributed by atoms with Crippen molar-refractivity contribution >= 4 is 17.3 Å². The summed E-state index contributed by atoms with van der Waals surface area (Å²) in [4.78, 5) is 7.87. The van der Waals surface area contributed by atoms with Crippen molar-refractivity contribution < 1.29 is 0 Å². The molecule has 0 radical (unpaired) electrons. The van der Waals surface area contributed by atoms with Crippen LogP contribution in [-0.2, 0) is 13.1 Å². The Labute approximate surface area is 122 Å². The van der Waals surface area contributed by atoms with E-state index in [1.807, 2.05) is 10.9 Å². The number of hydrogen-bond acceptors (Lipinski definition) is 5. The second kappa shape index (κ2) is 5.66. The van der Waals surface area contributed by atoms with Crippen molar-refractivity contribution in [3.8, 4) is 0 Å². The first-order valence-electron chi connectivity index (χ1n) is 6.89. The van der Waals surface area contributed by atoms with Crippen molar-refractivity contribution in [3.63, 3.8) is 0 Å². The highest BCUT2D eigenvalue weighted by molar-refractivity contribution is 7.09. The van der Waals surface area contributed by atoms with Gasteiger partial charge in [0.05, 0.1) is 25.3 Å². The Bertz CT molecular complexity index is 586. The molecule has 0 aliphatic carbocycles. The SMILES string of the molecule is CCCn1cc(C2CN=C(N)N2Cc2cccs2)cn1. The highest BCUT2D eigenvalue weighted by Crippen LogP contribution is 2.27. The van der Waals surface area contributed by atoms with E-state index < -0.39 is 0 Å². The lowest BCUT2D eigenvalue weighted by atomic mass is 10.1. The molecule has 0 aromatic carbocycles. The minimum atomic E-state index is 0.211. The van der Waals surface area contributed by atoms with Gasteiger partial charge in [0.25, 0.3) is 0 Å². The number of aromatic nitrogens is 2. The molecule has 5 nitrogen and oxygen atoms in total. The Morgan fingerprint density at radius 3 is 3.15 bits per heavy atom. The lowest BCUT2D eigenvalue weighted by molar-refractivity contribution is 0.343. The molecule has 2 N–H and O–H groups in total. The summed E-state index contributed by atoms with van der Waals surface area (Å²) in [5.41, 5.74) is 7.24. The summed E-state index contributed by atoms with van der Waals surface area (Å²) in [6.45, 7) is 4.64. The number of nitrogens with zero attached hydrogens (tertiary/aromatic N) is 4. The number of hydrogen-bond donors (Lipinski definition) is 1. The van der Waals surface area contributed by atoms with Crippen molar-refractivity contribution in [1.82, 2.24) is 14.7 Å². The lowest BCUT2D eigenvalue weighted by Crippen LogP contribution is -2.35. The van der Waals surface area contributed by atoms with Crippen LogP contribution in [0, 0.1) is 0 Å². The van der Waals surface area contributed by atoms with Gasteiger partial charge >= 0.3 is 0 Å². The second-order valence-corrected chi connectivity index (χ2v) is 5.99. The van der Waals surface area contributed by atoms with Gasteiger partial charge in [-0.05, 0) is 17.9 Å². The smallest absolute Gasteiger partial charge is 0.192 e. The normalized spacial score (nSPS) is 18.6. The molecule has 0 bridgehead atoms. The molecule has 0 saturated heterocycles. The number of thiophene rings is 1. The van der Waals surface area contributed by atoms with Gasteiger partial charge in [0.15, 0.2) is 5.96 Å². The molecule has 1 aliphatic rings. The highest BCUT2D eigenvalue weighted by atomic mass is 32.1. The topological polar surface area (TPSA) is 59.4 Å². The van der Waals surface area contributed by atoms with Crippen LogP contribution < -0.4 is 5.73 Å². The Hall–Kier alpha value is -1.82. The van der Waals surface area contributed by atoms with E-state index in [4.69, 9.17) is 5.73 Å². The van der Waals surface area contributed by atoms with E-state index in [1.54, 1.807) is 11.3 Å². The quantitative estimate of drug-likeness (QED) is 0.918. The first-order valence-corrected chi connectivity index (χ1v) is 7.77. The van der Waals surface area contributed by atoms with Gasteiger partial charge in [-0.2, -0.15) is 5.10 Å². The van der Waals surface area contributed by atoms with E-state index in [-0.39, 0.29) is 6.04 Å². The van der Waals surface area contributed by atoms with Gasteiger partial charge in [0.2, 0.25) is 0 Å². The Morgan fingerprint density at radius 1 is 1.50 bits per heavy atom. The molecule has 0 amide bonds. The van der Waals surface area contributed by atoms with Gasteiger partial charge < -0.3 is 10.6 Å². The molecular weight excluding hydrogens is 270 g/mol. The first kappa shape index (κ1) is 13.2. The van der Waals surface area contributed by atoms with Crippen molar-refractivity contribution in [1.29, 1.82) is 0 Å². The largest absolute Gasteiger partial charge is 0.370 e. The predicted octanol–water partition coefficient (Wildman–Crippen LogP) is 2.23. The fraction of sp³-hybridized carbons (Fsp3) is 0.429. The minimum Gasteiger partial charge on any atom is -0.370 e. The maximum Gasteiger partial charge on any atom is 0.192 e. The van der Waals surface area contributed by atoms with Crippen LogP contribution in [0.2, 0.25) is 0 Å². The third-order valence-electron chi connectivity index (χ3n) is 3.49. The van der Waals surface area contributed by atoms with Crippen LogP contribution in [0.15, 0.2) is 34.9 Å². The van der Waals surface area contributed by atoms with Crippen LogP contribution in [-0.4, -0.2) is 27.2 Å². The summed E-state index contributed by atoms with van der Waals surface area (Å²) >= 11 is 1.75. The van der Waals surface area contributed by atoms with Crippen molar-refractivity contribution in [2.45, 2.75) is 32.5 Å². The molecule has 20 heavy (non-hydrogen) atoms. The lowest BCUT2D eigenvalue weighted by Gasteiger charge is -2.24. The number of aliphatic imine (C=N–C) groups is 1. The predicted molar refractivity (Wildman–Crippen MR) is 81.6 cm³/mol. The molecule has 0 saturated carbocycles. The summed E-state index contributed by atoms with van der Waals surface area (Å²) in [5.74, 6) is 0.631. The third kappa shape index (κ3) is 2.56. The molecule has 2 aromatic heterocycles. The van der Waals surface area contributed by atoms with Gasteiger partial charge in [0, 0.05) is 23.2 Å². The van der Waals surface area contributed by atoms with E-state index >= 15 is 0 Å². The molecular formula is C14H19N5S. The number of rotatable bonds is 5. The average molecular weight is 289 g/mol. The molecule has 106 valence electrons. The summed E-state index contributed by atoms with van der Waals surface area (Å²) in [6.07, 6.45) is 5.14. The molecule has 0 spiro atoms. The van der Waals surface area contributed by atoms with Crippen molar-refractivity contribution in [2.75, 3.05) is 6.54 Å². The molecule has 0 fully saturated rings. The Morgan fingerprint density at radius 2 is 2.40 bits per heavy atom. The van der Waals surface area contributed by atoms with Crippen LogP contribution in [0.25, 0.3) is 0 Å². The van der Waals surface area contributed by atoms with E-state index in [2.05, 4.69) is 45.6 Å². The van der Waals surface area contributed by atoms with Crippen molar-refractivity contribution in [3.05, 3.63) is 40.3 Å². The maximum absolute atomic E-state index is 6.04. The third-order valence-corrected chi connectivity index (χ3v) is 4.35. The highest BCUT2D eigenvalue weighted by Gasteiger charge is 2.28. The first-order chi connectivity index (χ1) is 9.78. The van der Waals surface area contributed by atoms with E-state index in [9.17, 15) is 0 Å². The van der Waals surface area contributed by atoms with Crippen LogP contribution in [0.5, 0.6) is 0 Å². The number of guanidine groups is 1. The van der Waals surface area contributed by atoms with Gasteiger partial charge in [-0.1, -0.05) is 13.0 Å². The standard InChI is InChI=1S/C14H19N5S/c1-2-5-18-9-11(7-17-18)13-8-16-14(15)19(13)10-12-4-3-6-20-12/h3-4,6-7,9,13H,2,5,8,10H2,1H3,(H2,15,16). The zero-order valence-corrected chi connectivity index (χ0v) is 12.4. The fourth-order valence-electron chi connectivity index (χ4n) is 2.48. The van der Waals surface area contributed by atoms with E-state index in [0.29, 0.717) is 5.96 Å². The number of nitrogens with two attached hydrogens (primary N) is 1. The maximum atomic E-state index is 6.04. The summed E-state index contributed by atoms with van der Waals surface area (Å²) in [5, 5.41) is 6.50.